The van der Waals surface area contributed by atoms with Crippen LogP contribution in [-0.4, -0.2) is 27.8 Å². The molecule has 0 aliphatic heterocycles. The normalized spacial score (nSPS) is 12.4. The van der Waals surface area contributed by atoms with Crippen molar-refractivity contribution in [1.29, 1.82) is 0 Å². The predicted molar refractivity (Wildman–Crippen MR) is 102 cm³/mol. The van der Waals surface area contributed by atoms with Gasteiger partial charge in [-0.2, -0.15) is 0 Å². The molecule has 2 nitrogen and oxygen atoms in total. The number of hydrogen-bond donors (Lipinski definition) is 0. The summed E-state index contributed by atoms with van der Waals surface area (Å²) in [7, 11) is 0. The Morgan fingerprint density at radius 3 is 2.05 bits per heavy atom. The van der Waals surface area contributed by atoms with Crippen molar-refractivity contribution in [1.82, 2.24) is 9.38 Å². The van der Waals surface area contributed by atoms with E-state index >= 15 is 0 Å². The molecule has 0 radical (unpaired) electrons. The zero-order valence-corrected chi connectivity index (χ0v) is 18.5. The molecule has 2 aromatic rings. The Labute approximate surface area is 144 Å². The van der Waals surface area contributed by atoms with Crippen molar-refractivity contribution in [2.45, 2.75) is 79.5 Å². The summed E-state index contributed by atoms with van der Waals surface area (Å²) in [4.78, 5) is 5.97. The van der Waals surface area contributed by atoms with Crippen LogP contribution in [0.5, 0.6) is 0 Å². The van der Waals surface area contributed by atoms with Gasteiger partial charge < -0.3 is 0 Å². The first-order valence-electron chi connectivity index (χ1n) is 9.10. The molecule has 0 aliphatic rings. The van der Waals surface area contributed by atoms with Crippen LogP contribution in [0.25, 0.3) is 4.83 Å². The van der Waals surface area contributed by atoms with Crippen molar-refractivity contribution in [3.05, 3.63) is 17.4 Å². The summed E-state index contributed by atoms with van der Waals surface area (Å²) in [6, 6.07) is 0. The van der Waals surface area contributed by atoms with Crippen molar-refractivity contribution in [2.24, 2.45) is 0 Å². The topological polar surface area (TPSA) is 17.3 Å². The molecular formula is C18H32N2SSn. The molecule has 0 N–H and O–H groups in total. The number of imidazole rings is 1. The monoisotopic (exact) mass is 428 g/mol. The van der Waals surface area contributed by atoms with Crippen LogP contribution in [0.3, 0.4) is 0 Å². The number of fused-ring (bicyclic) bond motifs is 1. The second-order valence-electron chi connectivity index (χ2n) is 6.72. The number of unbranched alkanes of at least 4 members (excludes halogenated alkanes) is 3. The Morgan fingerprint density at radius 1 is 1.00 bits per heavy atom. The molecule has 0 unspecified atom stereocenters. The van der Waals surface area contributed by atoms with E-state index in [4.69, 9.17) is 0 Å². The van der Waals surface area contributed by atoms with Crippen LogP contribution in [0.4, 0.5) is 0 Å². The Hall–Kier alpha value is -0.0313. The molecule has 2 rings (SSSR count). The van der Waals surface area contributed by atoms with E-state index in [-0.39, 0.29) is 0 Å². The van der Waals surface area contributed by atoms with Gasteiger partial charge in [0.15, 0.2) is 0 Å². The van der Waals surface area contributed by atoms with Gasteiger partial charge in [0.25, 0.3) is 0 Å². The zero-order chi connectivity index (χ0) is 16.0. The van der Waals surface area contributed by atoms with E-state index in [1.54, 1.807) is 3.71 Å². The molecule has 0 atom stereocenters. The Kier molecular flexibility index (Phi) is 7.26. The van der Waals surface area contributed by atoms with E-state index in [1.807, 2.05) is 11.3 Å². The standard InChI is InChI=1S/C6H5N2S.3C4H9.Sn/c1-5-6-8(4-7-5)2-3-9-6;3*1-3-4-2;/h3-4H,1H3;3*1,3-4H2,2H3;. The van der Waals surface area contributed by atoms with E-state index in [2.05, 4.69) is 48.8 Å². The maximum atomic E-state index is 4.58. The third-order valence-electron chi connectivity index (χ3n) is 5.01. The fraction of sp³-hybridized carbons (Fsp3) is 0.722. The summed E-state index contributed by atoms with van der Waals surface area (Å²) in [5.41, 5.74) is 1.21. The third-order valence-corrected chi connectivity index (χ3v) is 22.1. The summed E-state index contributed by atoms with van der Waals surface area (Å²) in [6.45, 7) is 9.19. The molecular weight excluding hydrogens is 395 g/mol. The number of aromatic nitrogens is 2. The number of aryl methyl sites for hydroxylation is 1. The van der Waals surface area contributed by atoms with E-state index < -0.39 is 18.4 Å². The van der Waals surface area contributed by atoms with Crippen molar-refractivity contribution in [3.8, 4) is 0 Å². The summed E-state index contributed by atoms with van der Waals surface area (Å²) in [5, 5.41) is 2.51. The number of nitrogens with zero attached hydrogens (tertiary/aromatic N) is 2. The van der Waals surface area contributed by atoms with Crippen molar-refractivity contribution in [3.63, 3.8) is 0 Å². The fourth-order valence-corrected chi connectivity index (χ4v) is 22.6. The SMILES string of the molecule is CCC[CH2][Sn]([CH2]CCC)([CH2]CCC)[c]1csc2c(C)ncn12. The molecule has 0 saturated heterocycles. The second-order valence-corrected chi connectivity index (χ2v) is 20.6. The Bertz CT molecular complexity index is 551. The molecule has 4 heteroatoms. The van der Waals surface area contributed by atoms with Crippen LogP contribution in [0.1, 0.15) is 65.0 Å². The van der Waals surface area contributed by atoms with Gasteiger partial charge in [-0.05, 0) is 0 Å². The van der Waals surface area contributed by atoms with E-state index in [1.165, 1.54) is 62.4 Å². The summed E-state index contributed by atoms with van der Waals surface area (Å²) >= 11 is -0.371. The molecule has 0 aromatic carbocycles. The third kappa shape index (κ3) is 3.89. The molecule has 0 fully saturated rings. The molecule has 0 aliphatic carbocycles. The molecule has 0 bridgehead atoms. The Morgan fingerprint density at radius 2 is 1.55 bits per heavy atom. The van der Waals surface area contributed by atoms with Gasteiger partial charge in [-0.1, -0.05) is 0 Å². The number of thiazole rings is 1. The molecule has 22 heavy (non-hydrogen) atoms. The fourth-order valence-electron chi connectivity index (χ4n) is 3.59. The first-order chi connectivity index (χ1) is 10.7. The minimum atomic E-state index is -2.30. The van der Waals surface area contributed by atoms with Crippen LogP contribution in [0.15, 0.2) is 11.7 Å². The molecule has 124 valence electrons. The predicted octanol–water partition coefficient (Wildman–Crippen LogP) is 5.76. The first-order valence-corrected chi connectivity index (χ1v) is 17.5. The van der Waals surface area contributed by atoms with Crippen LogP contribution in [0, 0.1) is 6.92 Å². The van der Waals surface area contributed by atoms with Crippen LogP contribution in [-0.2, 0) is 0 Å². The van der Waals surface area contributed by atoms with Gasteiger partial charge in [-0.3, -0.25) is 0 Å². The van der Waals surface area contributed by atoms with Gasteiger partial charge in [0, 0.05) is 0 Å². The van der Waals surface area contributed by atoms with Gasteiger partial charge in [0.05, 0.1) is 0 Å². The average molecular weight is 427 g/mol. The van der Waals surface area contributed by atoms with Gasteiger partial charge in [0.1, 0.15) is 0 Å². The Balaban J connectivity index is 2.42. The van der Waals surface area contributed by atoms with Gasteiger partial charge in [-0.25, -0.2) is 0 Å². The molecule has 2 heterocycles. The first kappa shape index (κ1) is 18.3. The van der Waals surface area contributed by atoms with Gasteiger partial charge in [0.2, 0.25) is 0 Å². The minimum absolute atomic E-state index is 1.21. The quantitative estimate of drug-likeness (QED) is 0.441. The summed E-state index contributed by atoms with van der Waals surface area (Å²) in [6.07, 6.45) is 10.4. The average Bonchev–Trinajstić information content (AvgIpc) is 3.11. The summed E-state index contributed by atoms with van der Waals surface area (Å²) < 4.78 is 8.83. The van der Waals surface area contributed by atoms with E-state index in [0.29, 0.717) is 0 Å². The zero-order valence-electron chi connectivity index (χ0n) is 14.8. The van der Waals surface area contributed by atoms with E-state index in [0.717, 1.165) is 0 Å². The van der Waals surface area contributed by atoms with Gasteiger partial charge >= 0.3 is 145 Å². The van der Waals surface area contributed by atoms with Crippen LogP contribution < -0.4 is 3.71 Å². The second kappa shape index (κ2) is 8.72. The van der Waals surface area contributed by atoms with Crippen molar-refractivity contribution in [2.75, 3.05) is 0 Å². The van der Waals surface area contributed by atoms with Crippen molar-refractivity contribution >= 4 is 38.3 Å². The van der Waals surface area contributed by atoms with Crippen LogP contribution in [0.2, 0.25) is 13.3 Å². The summed E-state index contributed by atoms with van der Waals surface area (Å²) in [5.74, 6) is 0. The van der Waals surface area contributed by atoms with E-state index in [9.17, 15) is 0 Å². The number of rotatable bonds is 10. The molecule has 2 aromatic heterocycles. The molecule has 0 amide bonds. The van der Waals surface area contributed by atoms with Crippen LogP contribution >= 0.6 is 11.3 Å². The molecule has 0 spiro atoms. The maximum absolute atomic E-state index is 4.58. The van der Waals surface area contributed by atoms with Gasteiger partial charge in [-0.15, -0.1) is 0 Å². The number of hydrogen-bond acceptors (Lipinski definition) is 2. The van der Waals surface area contributed by atoms with Crippen molar-refractivity contribution < 1.29 is 0 Å². The molecule has 0 saturated carbocycles.